The van der Waals surface area contributed by atoms with Crippen LogP contribution < -0.4 is 0 Å². The molecule has 0 N–H and O–H groups in total. The van der Waals surface area contributed by atoms with Crippen LogP contribution in [0.4, 0.5) is 0 Å². The highest BCUT2D eigenvalue weighted by Crippen LogP contribution is 2.22. The molecule has 0 unspecified atom stereocenters. The first-order chi connectivity index (χ1) is 5.74. The highest BCUT2D eigenvalue weighted by molar-refractivity contribution is 9.10. The zero-order valence-electron chi connectivity index (χ0n) is 6.69. The largest absolute Gasteiger partial charge is 0.103 e. The second-order valence-electron chi connectivity index (χ2n) is 2.56. The molecular formula is C10H10BrCl. The topological polar surface area (TPSA) is 0 Å². The molecule has 2 heteroatoms. The van der Waals surface area contributed by atoms with Crippen molar-refractivity contribution < 1.29 is 0 Å². The third kappa shape index (κ3) is 2.65. The third-order valence-corrected chi connectivity index (χ3v) is 2.48. The first-order valence-electron chi connectivity index (χ1n) is 3.79. The third-order valence-electron chi connectivity index (χ3n) is 1.63. The van der Waals surface area contributed by atoms with E-state index in [9.17, 15) is 0 Å². The minimum atomic E-state index is 0.825. The second kappa shape index (κ2) is 4.68. The van der Waals surface area contributed by atoms with Crippen molar-refractivity contribution in [3.8, 4) is 0 Å². The average Bonchev–Trinajstić information content (AvgIpc) is 2.03. The summed E-state index contributed by atoms with van der Waals surface area (Å²) in [5.41, 5.74) is 1.18. The van der Waals surface area contributed by atoms with Crippen molar-refractivity contribution in [3.05, 3.63) is 45.9 Å². The molecule has 0 bridgehead atoms. The zero-order chi connectivity index (χ0) is 8.97. The summed E-state index contributed by atoms with van der Waals surface area (Å²) >= 11 is 9.36. The lowest BCUT2D eigenvalue weighted by atomic mass is 10.1. The molecule has 1 rings (SSSR count). The second-order valence-corrected chi connectivity index (χ2v) is 3.89. The minimum absolute atomic E-state index is 0.825. The van der Waals surface area contributed by atoms with E-state index < -0.39 is 0 Å². The molecule has 0 aliphatic carbocycles. The molecular weight excluding hydrogens is 235 g/mol. The predicted octanol–water partition coefficient (Wildman–Crippen LogP) is 4.22. The van der Waals surface area contributed by atoms with E-state index in [4.69, 9.17) is 11.6 Å². The van der Waals surface area contributed by atoms with E-state index in [2.05, 4.69) is 22.5 Å². The van der Waals surface area contributed by atoms with Crippen LogP contribution in [-0.4, -0.2) is 0 Å². The van der Waals surface area contributed by atoms with Crippen LogP contribution in [0.2, 0.25) is 5.02 Å². The standard InChI is InChI=1S/C10H10BrCl/c1-2-3-4-8-5-6-9(11)7-10(8)12/h2,5-7H,1,3-4H2. The van der Waals surface area contributed by atoms with E-state index in [0.717, 1.165) is 22.3 Å². The van der Waals surface area contributed by atoms with E-state index in [1.807, 2.05) is 24.3 Å². The maximum Gasteiger partial charge on any atom is 0.0449 e. The van der Waals surface area contributed by atoms with Gasteiger partial charge in [0.05, 0.1) is 0 Å². The van der Waals surface area contributed by atoms with Crippen molar-refractivity contribution in [1.29, 1.82) is 0 Å². The van der Waals surface area contributed by atoms with Gasteiger partial charge in [-0.15, -0.1) is 6.58 Å². The van der Waals surface area contributed by atoms with Gasteiger partial charge in [0.2, 0.25) is 0 Å². The van der Waals surface area contributed by atoms with Gasteiger partial charge >= 0.3 is 0 Å². The van der Waals surface area contributed by atoms with Crippen LogP contribution in [0.3, 0.4) is 0 Å². The van der Waals surface area contributed by atoms with Crippen molar-refractivity contribution in [2.24, 2.45) is 0 Å². The van der Waals surface area contributed by atoms with Crippen molar-refractivity contribution in [1.82, 2.24) is 0 Å². The summed E-state index contributed by atoms with van der Waals surface area (Å²) in [5, 5.41) is 0.825. The Labute approximate surface area is 86.4 Å². The monoisotopic (exact) mass is 244 g/mol. The lowest BCUT2D eigenvalue weighted by molar-refractivity contribution is 1.00. The van der Waals surface area contributed by atoms with Crippen LogP contribution in [0, 0.1) is 0 Å². The Bertz CT molecular complexity index is 281. The summed E-state index contributed by atoms with van der Waals surface area (Å²) in [5.74, 6) is 0. The lowest BCUT2D eigenvalue weighted by Gasteiger charge is -2.01. The molecule has 0 heterocycles. The van der Waals surface area contributed by atoms with E-state index in [1.54, 1.807) is 0 Å². The number of benzene rings is 1. The molecule has 1 aromatic rings. The fourth-order valence-corrected chi connectivity index (χ4v) is 1.75. The lowest BCUT2D eigenvalue weighted by Crippen LogP contribution is -1.84. The maximum absolute atomic E-state index is 6.00. The Morgan fingerprint density at radius 1 is 1.50 bits per heavy atom. The highest BCUT2D eigenvalue weighted by atomic mass is 79.9. The summed E-state index contributed by atoms with van der Waals surface area (Å²) in [6.07, 6.45) is 3.84. The maximum atomic E-state index is 6.00. The Morgan fingerprint density at radius 2 is 2.25 bits per heavy atom. The minimum Gasteiger partial charge on any atom is -0.103 e. The van der Waals surface area contributed by atoms with Crippen molar-refractivity contribution in [3.63, 3.8) is 0 Å². The molecule has 0 amide bonds. The van der Waals surface area contributed by atoms with Gasteiger partial charge < -0.3 is 0 Å². The first-order valence-corrected chi connectivity index (χ1v) is 4.96. The number of rotatable bonds is 3. The summed E-state index contributed by atoms with van der Waals surface area (Å²) in [4.78, 5) is 0. The number of hydrogen-bond donors (Lipinski definition) is 0. The zero-order valence-corrected chi connectivity index (χ0v) is 9.03. The van der Waals surface area contributed by atoms with E-state index in [0.29, 0.717) is 0 Å². The Kier molecular flexibility index (Phi) is 3.83. The molecule has 0 saturated heterocycles. The molecule has 0 fully saturated rings. The van der Waals surface area contributed by atoms with Gasteiger partial charge in [-0.2, -0.15) is 0 Å². The number of aryl methyl sites for hydroxylation is 1. The molecule has 0 spiro atoms. The molecule has 1 aromatic carbocycles. The molecule has 0 radical (unpaired) electrons. The van der Waals surface area contributed by atoms with Gasteiger partial charge in [0.25, 0.3) is 0 Å². The van der Waals surface area contributed by atoms with Crippen LogP contribution in [0.1, 0.15) is 12.0 Å². The SMILES string of the molecule is C=CCCc1ccc(Br)cc1Cl. The van der Waals surface area contributed by atoms with Gasteiger partial charge in [-0.05, 0) is 30.5 Å². The number of hydrogen-bond acceptors (Lipinski definition) is 0. The molecule has 0 aliphatic heterocycles. The molecule has 0 atom stereocenters. The number of halogens is 2. The predicted molar refractivity (Wildman–Crippen MR) is 57.7 cm³/mol. The van der Waals surface area contributed by atoms with Crippen LogP contribution in [-0.2, 0) is 6.42 Å². The van der Waals surface area contributed by atoms with Gasteiger partial charge in [0, 0.05) is 9.50 Å². The van der Waals surface area contributed by atoms with E-state index >= 15 is 0 Å². The van der Waals surface area contributed by atoms with Gasteiger partial charge in [0.15, 0.2) is 0 Å². The smallest absolute Gasteiger partial charge is 0.0449 e. The summed E-state index contributed by atoms with van der Waals surface area (Å²) < 4.78 is 1.02. The molecule has 0 aliphatic rings. The van der Waals surface area contributed by atoms with Gasteiger partial charge in [-0.3, -0.25) is 0 Å². The van der Waals surface area contributed by atoms with Gasteiger partial charge in [-0.25, -0.2) is 0 Å². The van der Waals surface area contributed by atoms with Gasteiger partial charge in [0.1, 0.15) is 0 Å². The molecule has 0 aromatic heterocycles. The number of allylic oxidation sites excluding steroid dienone is 1. The average molecular weight is 246 g/mol. The molecule has 12 heavy (non-hydrogen) atoms. The van der Waals surface area contributed by atoms with E-state index in [-0.39, 0.29) is 0 Å². The quantitative estimate of drug-likeness (QED) is 0.700. The molecule has 64 valence electrons. The summed E-state index contributed by atoms with van der Waals surface area (Å²) in [6, 6.07) is 5.96. The first kappa shape index (κ1) is 9.82. The fourth-order valence-electron chi connectivity index (χ4n) is 0.982. The normalized spacial score (nSPS) is 9.83. The van der Waals surface area contributed by atoms with Crippen molar-refractivity contribution in [2.75, 3.05) is 0 Å². The van der Waals surface area contributed by atoms with Crippen LogP contribution in [0.15, 0.2) is 35.3 Å². The fraction of sp³-hybridized carbons (Fsp3) is 0.200. The Balaban J connectivity index is 2.78. The molecule has 0 saturated carbocycles. The van der Waals surface area contributed by atoms with Crippen LogP contribution in [0.5, 0.6) is 0 Å². The van der Waals surface area contributed by atoms with Crippen molar-refractivity contribution >= 4 is 27.5 Å². The van der Waals surface area contributed by atoms with Gasteiger partial charge in [-0.1, -0.05) is 39.7 Å². The van der Waals surface area contributed by atoms with E-state index in [1.165, 1.54) is 5.56 Å². The Hall–Kier alpha value is -0.270. The van der Waals surface area contributed by atoms with Crippen LogP contribution in [0.25, 0.3) is 0 Å². The van der Waals surface area contributed by atoms with Crippen LogP contribution >= 0.6 is 27.5 Å². The Morgan fingerprint density at radius 3 is 2.83 bits per heavy atom. The summed E-state index contributed by atoms with van der Waals surface area (Å²) in [6.45, 7) is 3.67. The highest BCUT2D eigenvalue weighted by Gasteiger charge is 1.98. The van der Waals surface area contributed by atoms with Crippen molar-refractivity contribution in [2.45, 2.75) is 12.8 Å². The molecule has 0 nitrogen and oxygen atoms in total. The summed E-state index contributed by atoms with van der Waals surface area (Å²) in [7, 11) is 0.